The Hall–Kier alpha value is -2.59. The van der Waals surface area contributed by atoms with Gasteiger partial charge in [0, 0.05) is 39.9 Å². The number of rotatable bonds is 4. The highest BCUT2D eigenvalue weighted by Crippen LogP contribution is 2.23. The van der Waals surface area contributed by atoms with Crippen LogP contribution in [0.25, 0.3) is 5.69 Å². The van der Waals surface area contributed by atoms with Gasteiger partial charge < -0.3 is 9.30 Å². The van der Waals surface area contributed by atoms with Crippen molar-refractivity contribution in [3.8, 4) is 11.6 Å². The Morgan fingerprint density at radius 1 is 1.17 bits per heavy atom. The van der Waals surface area contributed by atoms with E-state index in [-0.39, 0.29) is 0 Å². The average Bonchev–Trinajstić information content (AvgIpc) is 2.87. The van der Waals surface area contributed by atoms with Crippen LogP contribution in [-0.4, -0.2) is 22.9 Å². The van der Waals surface area contributed by atoms with Crippen LogP contribution >= 0.6 is 11.6 Å². The minimum atomic E-state index is 0.577. The Morgan fingerprint density at radius 2 is 2.00 bits per heavy atom. The summed E-state index contributed by atoms with van der Waals surface area (Å²) in [5, 5.41) is 0.722. The van der Waals surface area contributed by atoms with Crippen molar-refractivity contribution in [1.29, 1.82) is 0 Å². The molecule has 3 aromatic rings. The highest BCUT2D eigenvalue weighted by molar-refractivity contribution is 6.30. The molecule has 3 rings (SSSR count). The van der Waals surface area contributed by atoms with Crippen LogP contribution in [0.1, 0.15) is 17.0 Å². The molecule has 0 aliphatic carbocycles. The van der Waals surface area contributed by atoms with Crippen LogP contribution in [-0.2, 0) is 0 Å². The van der Waals surface area contributed by atoms with E-state index >= 15 is 0 Å². The van der Waals surface area contributed by atoms with Crippen molar-refractivity contribution in [2.24, 2.45) is 4.99 Å². The second-order valence-corrected chi connectivity index (χ2v) is 5.90. The van der Waals surface area contributed by atoms with E-state index < -0.39 is 0 Å². The number of ether oxygens (including phenoxy) is 1. The minimum Gasteiger partial charge on any atom is -0.481 e. The zero-order valence-electron chi connectivity index (χ0n) is 13.8. The van der Waals surface area contributed by atoms with Crippen molar-refractivity contribution in [2.75, 3.05) is 7.11 Å². The van der Waals surface area contributed by atoms with Crippen LogP contribution in [0.2, 0.25) is 5.02 Å². The predicted octanol–water partition coefficient (Wildman–Crippen LogP) is 4.90. The van der Waals surface area contributed by atoms with Gasteiger partial charge in [-0.1, -0.05) is 17.7 Å². The van der Waals surface area contributed by atoms with Gasteiger partial charge in [-0.25, -0.2) is 4.98 Å². The zero-order chi connectivity index (χ0) is 17.1. The second kappa shape index (κ2) is 6.89. The van der Waals surface area contributed by atoms with Gasteiger partial charge in [0.1, 0.15) is 0 Å². The number of aromatic nitrogens is 2. The van der Waals surface area contributed by atoms with E-state index in [2.05, 4.69) is 34.5 Å². The summed E-state index contributed by atoms with van der Waals surface area (Å²) in [6.45, 7) is 4.14. The normalized spacial score (nSPS) is 11.2. The van der Waals surface area contributed by atoms with E-state index in [0.717, 1.165) is 33.3 Å². The van der Waals surface area contributed by atoms with Crippen molar-refractivity contribution in [1.82, 2.24) is 9.55 Å². The number of nitrogens with zero attached hydrogens (tertiary/aromatic N) is 3. The van der Waals surface area contributed by atoms with E-state index in [1.165, 1.54) is 0 Å². The Kier molecular flexibility index (Phi) is 4.67. The Balaban J connectivity index is 1.92. The number of aryl methyl sites for hydroxylation is 1. The third kappa shape index (κ3) is 3.34. The quantitative estimate of drug-likeness (QED) is 0.634. The molecule has 122 valence electrons. The fourth-order valence-electron chi connectivity index (χ4n) is 2.64. The number of aliphatic imine (C=N–C) groups is 1. The summed E-state index contributed by atoms with van der Waals surface area (Å²) in [5.41, 5.74) is 5.12. The predicted molar refractivity (Wildman–Crippen MR) is 98.3 cm³/mol. The number of methoxy groups -OCH3 is 1. The SMILES string of the molecule is COc1ccc(N=Cc2cc(C)n(-c3cccc(Cl)c3)c2C)cn1. The number of pyridine rings is 1. The van der Waals surface area contributed by atoms with Crippen molar-refractivity contribution in [2.45, 2.75) is 13.8 Å². The molecule has 4 nitrogen and oxygen atoms in total. The molecule has 0 atom stereocenters. The molecule has 24 heavy (non-hydrogen) atoms. The van der Waals surface area contributed by atoms with Crippen LogP contribution in [0, 0.1) is 13.8 Å². The lowest BCUT2D eigenvalue weighted by molar-refractivity contribution is 0.398. The molecule has 0 spiro atoms. The van der Waals surface area contributed by atoms with E-state index in [4.69, 9.17) is 16.3 Å². The first kappa shape index (κ1) is 16.3. The summed E-state index contributed by atoms with van der Waals surface area (Å²) in [5.74, 6) is 0.577. The fourth-order valence-corrected chi connectivity index (χ4v) is 2.83. The zero-order valence-corrected chi connectivity index (χ0v) is 14.6. The highest BCUT2D eigenvalue weighted by Gasteiger charge is 2.09. The molecular weight excluding hydrogens is 322 g/mol. The molecule has 1 aromatic carbocycles. The molecule has 0 aliphatic rings. The lowest BCUT2D eigenvalue weighted by atomic mass is 10.2. The number of hydrogen-bond donors (Lipinski definition) is 0. The number of hydrogen-bond acceptors (Lipinski definition) is 3. The van der Waals surface area contributed by atoms with Gasteiger partial charge >= 0.3 is 0 Å². The Labute approximate surface area is 146 Å². The summed E-state index contributed by atoms with van der Waals surface area (Å²) in [7, 11) is 1.59. The van der Waals surface area contributed by atoms with Gasteiger partial charge in [-0.05, 0) is 44.2 Å². The molecule has 0 unspecified atom stereocenters. The fraction of sp³-hybridized carbons (Fsp3) is 0.158. The molecule has 0 aliphatic heterocycles. The molecule has 0 saturated carbocycles. The maximum absolute atomic E-state index is 6.12. The molecule has 0 saturated heterocycles. The van der Waals surface area contributed by atoms with Gasteiger partial charge in [-0.15, -0.1) is 0 Å². The minimum absolute atomic E-state index is 0.577. The van der Waals surface area contributed by atoms with E-state index in [1.54, 1.807) is 19.4 Å². The van der Waals surface area contributed by atoms with Crippen molar-refractivity contribution >= 4 is 23.5 Å². The third-order valence-corrected chi connectivity index (χ3v) is 4.05. The van der Waals surface area contributed by atoms with Crippen LogP contribution < -0.4 is 4.74 Å². The number of halogens is 1. The Bertz CT molecular complexity index is 882. The van der Waals surface area contributed by atoms with Gasteiger partial charge in [-0.3, -0.25) is 4.99 Å². The molecule has 5 heteroatoms. The first-order chi connectivity index (χ1) is 11.6. The summed E-state index contributed by atoms with van der Waals surface area (Å²) in [6.07, 6.45) is 3.54. The van der Waals surface area contributed by atoms with Gasteiger partial charge in [0.25, 0.3) is 0 Å². The molecule has 2 aromatic heterocycles. The Morgan fingerprint density at radius 3 is 2.67 bits per heavy atom. The van der Waals surface area contributed by atoms with E-state index in [0.29, 0.717) is 5.88 Å². The lowest BCUT2D eigenvalue weighted by Gasteiger charge is -2.09. The molecule has 0 bridgehead atoms. The van der Waals surface area contributed by atoms with Crippen LogP contribution in [0.3, 0.4) is 0 Å². The van der Waals surface area contributed by atoms with Gasteiger partial charge in [0.15, 0.2) is 0 Å². The average molecular weight is 340 g/mol. The van der Waals surface area contributed by atoms with Crippen molar-refractivity contribution in [3.05, 3.63) is 70.6 Å². The van der Waals surface area contributed by atoms with Gasteiger partial charge in [0.2, 0.25) is 5.88 Å². The highest BCUT2D eigenvalue weighted by atomic mass is 35.5. The largest absolute Gasteiger partial charge is 0.481 e. The summed E-state index contributed by atoms with van der Waals surface area (Å²) >= 11 is 6.12. The van der Waals surface area contributed by atoms with Crippen LogP contribution in [0.15, 0.2) is 53.7 Å². The molecule has 0 fully saturated rings. The van der Waals surface area contributed by atoms with Crippen molar-refractivity contribution < 1.29 is 4.74 Å². The standard InChI is InChI=1S/C19H18ClN3O/c1-13-9-15(11-21-17-7-8-19(24-3)22-12-17)14(2)23(13)18-6-4-5-16(20)10-18/h4-12H,1-3H3. The number of benzene rings is 1. The molecule has 0 amide bonds. The maximum Gasteiger partial charge on any atom is 0.213 e. The third-order valence-electron chi connectivity index (χ3n) is 3.82. The smallest absolute Gasteiger partial charge is 0.213 e. The molecular formula is C19H18ClN3O. The monoisotopic (exact) mass is 339 g/mol. The molecule has 0 N–H and O–H groups in total. The second-order valence-electron chi connectivity index (χ2n) is 5.46. The van der Waals surface area contributed by atoms with E-state index in [9.17, 15) is 0 Å². The molecule has 0 radical (unpaired) electrons. The van der Waals surface area contributed by atoms with E-state index in [1.807, 2.05) is 36.5 Å². The lowest BCUT2D eigenvalue weighted by Crippen LogP contribution is -1.99. The summed E-state index contributed by atoms with van der Waals surface area (Å²) in [4.78, 5) is 8.65. The van der Waals surface area contributed by atoms with Crippen molar-refractivity contribution in [3.63, 3.8) is 0 Å². The van der Waals surface area contributed by atoms with Crippen LogP contribution in [0.4, 0.5) is 5.69 Å². The first-order valence-corrected chi connectivity index (χ1v) is 7.95. The molecule has 2 heterocycles. The summed E-state index contributed by atoms with van der Waals surface area (Å²) in [6, 6.07) is 13.6. The van der Waals surface area contributed by atoms with Crippen LogP contribution in [0.5, 0.6) is 5.88 Å². The topological polar surface area (TPSA) is 39.4 Å². The van der Waals surface area contributed by atoms with Gasteiger partial charge in [0.05, 0.1) is 19.0 Å². The first-order valence-electron chi connectivity index (χ1n) is 7.57. The summed E-state index contributed by atoms with van der Waals surface area (Å²) < 4.78 is 7.22. The van der Waals surface area contributed by atoms with Gasteiger partial charge in [-0.2, -0.15) is 0 Å². The maximum atomic E-state index is 6.12.